The number of hydrogen-bond donors (Lipinski definition) is 1. The van der Waals surface area contributed by atoms with Crippen molar-refractivity contribution in [2.24, 2.45) is 0 Å². The van der Waals surface area contributed by atoms with Gasteiger partial charge in [0.1, 0.15) is 0 Å². The molecule has 0 unspecified atom stereocenters. The van der Waals surface area contributed by atoms with Crippen LogP contribution in [0.1, 0.15) is 35.8 Å². The molecule has 5 nitrogen and oxygen atoms in total. The van der Waals surface area contributed by atoms with Gasteiger partial charge in [-0.2, -0.15) is 5.10 Å². The number of carbonyl (C=O) groups excluding carboxylic acids is 1. The van der Waals surface area contributed by atoms with Crippen LogP contribution < -0.4 is 5.32 Å². The smallest absolute Gasteiger partial charge is 0.253 e. The average Bonchev–Trinajstić information content (AvgIpc) is 3.16. The predicted molar refractivity (Wildman–Crippen MR) is 110 cm³/mol. The summed E-state index contributed by atoms with van der Waals surface area (Å²) in [6.45, 7) is 4.70. The van der Waals surface area contributed by atoms with Gasteiger partial charge in [0, 0.05) is 49.7 Å². The molecule has 1 N–H and O–H groups in total. The molecular formula is C22H26N4O. The number of rotatable bonds is 6. The zero-order chi connectivity index (χ0) is 19.4. The summed E-state index contributed by atoms with van der Waals surface area (Å²) in [6.07, 6.45) is 3.82. The van der Waals surface area contributed by atoms with Gasteiger partial charge in [0.25, 0.3) is 5.91 Å². The molecule has 140 valence electrons. The van der Waals surface area contributed by atoms with Crippen LogP contribution in [0.15, 0.2) is 60.9 Å². The topological polar surface area (TPSA) is 50.2 Å². The number of hydrogen-bond acceptors (Lipinski definition) is 3. The van der Waals surface area contributed by atoms with Crippen LogP contribution in [0, 0.1) is 0 Å². The van der Waals surface area contributed by atoms with E-state index < -0.39 is 0 Å². The number of benzene rings is 2. The second kappa shape index (κ2) is 8.08. The van der Waals surface area contributed by atoms with Crippen molar-refractivity contribution in [3.8, 4) is 11.1 Å². The molecule has 0 fully saturated rings. The van der Waals surface area contributed by atoms with Crippen LogP contribution in [0.3, 0.4) is 0 Å². The lowest BCUT2D eigenvalue weighted by Gasteiger charge is -2.17. The number of nitrogens with zero attached hydrogens (tertiary/aromatic N) is 3. The summed E-state index contributed by atoms with van der Waals surface area (Å²) in [7, 11) is 3.72. The van der Waals surface area contributed by atoms with Crippen LogP contribution in [0.4, 0.5) is 5.69 Å². The van der Waals surface area contributed by atoms with Gasteiger partial charge in [0.05, 0.1) is 6.20 Å². The Bertz CT molecular complexity index is 912. The first-order chi connectivity index (χ1) is 13.0. The summed E-state index contributed by atoms with van der Waals surface area (Å²) in [5, 5.41) is 7.46. The van der Waals surface area contributed by atoms with Crippen molar-refractivity contribution in [1.29, 1.82) is 0 Å². The summed E-state index contributed by atoms with van der Waals surface area (Å²) < 4.78 is 1.91. The third-order valence-corrected chi connectivity index (χ3v) is 4.57. The summed E-state index contributed by atoms with van der Waals surface area (Å²) >= 11 is 0. The van der Waals surface area contributed by atoms with Crippen molar-refractivity contribution in [2.45, 2.75) is 26.4 Å². The average molecular weight is 362 g/mol. The fourth-order valence-electron chi connectivity index (χ4n) is 2.97. The van der Waals surface area contributed by atoms with Crippen LogP contribution in [0.5, 0.6) is 0 Å². The maximum absolute atomic E-state index is 12.9. The van der Waals surface area contributed by atoms with Crippen molar-refractivity contribution in [1.82, 2.24) is 14.7 Å². The minimum Gasteiger partial charge on any atom is -0.388 e. The second-order valence-corrected chi connectivity index (χ2v) is 6.99. The molecule has 5 heteroatoms. The Morgan fingerprint density at radius 1 is 1.15 bits per heavy atom. The molecule has 0 aliphatic rings. The van der Waals surface area contributed by atoms with E-state index in [0.717, 1.165) is 22.4 Å². The summed E-state index contributed by atoms with van der Waals surface area (Å²) in [6, 6.07) is 16.2. The number of anilines is 1. The molecule has 0 aliphatic carbocycles. The molecule has 27 heavy (non-hydrogen) atoms. The zero-order valence-electron chi connectivity index (χ0n) is 16.3. The van der Waals surface area contributed by atoms with E-state index in [0.29, 0.717) is 18.2 Å². The normalized spacial score (nSPS) is 10.9. The largest absolute Gasteiger partial charge is 0.388 e. The standard InChI is InChI=1S/C22H26N4O/c1-16(2)26-15-17(13-24-26)14-25(4)22(27)20-7-5-6-19(12-20)18-8-10-21(23-3)11-9-18/h5-13,15-16,23H,14H2,1-4H3. The van der Waals surface area contributed by atoms with Gasteiger partial charge in [0.15, 0.2) is 0 Å². The molecule has 0 saturated carbocycles. The lowest BCUT2D eigenvalue weighted by atomic mass is 10.0. The Hall–Kier alpha value is -3.08. The van der Waals surface area contributed by atoms with E-state index in [1.807, 2.05) is 67.6 Å². The van der Waals surface area contributed by atoms with Gasteiger partial charge in [-0.15, -0.1) is 0 Å². The van der Waals surface area contributed by atoms with Gasteiger partial charge in [0.2, 0.25) is 0 Å². The molecule has 0 aliphatic heterocycles. The highest BCUT2D eigenvalue weighted by Gasteiger charge is 2.14. The van der Waals surface area contributed by atoms with Crippen molar-refractivity contribution in [3.63, 3.8) is 0 Å². The monoisotopic (exact) mass is 362 g/mol. The molecule has 0 bridgehead atoms. The molecule has 1 aromatic heterocycles. The third-order valence-electron chi connectivity index (χ3n) is 4.57. The van der Waals surface area contributed by atoms with Gasteiger partial charge in [-0.05, 0) is 49.2 Å². The van der Waals surface area contributed by atoms with Gasteiger partial charge >= 0.3 is 0 Å². The quantitative estimate of drug-likeness (QED) is 0.705. The zero-order valence-corrected chi connectivity index (χ0v) is 16.3. The Morgan fingerprint density at radius 3 is 2.52 bits per heavy atom. The van der Waals surface area contributed by atoms with E-state index in [1.165, 1.54) is 0 Å². The number of aromatic nitrogens is 2. The molecular weight excluding hydrogens is 336 g/mol. The van der Waals surface area contributed by atoms with Crippen LogP contribution in [0.2, 0.25) is 0 Å². The van der Waals surface area contributed by atoms with Crippen LogP contribution in [-0.4, -0.2) is 34.7 Å². The molecule has 1 heterocycles. The molecule has 0 atom stereocenters. The highest BCUT2D eigenvalue weighted by atomic mass is 16.2. The molecule has 2 aromatic carbocycles. The van der Waals surface area contributed by atoms with Gasteiger partial charge in [-0.25, -0.2) is 0 Å². The predicted octanol–water partition coefficient (Wildman–Crippen LogP) is 4.44. The lowest BCUT2D eigenvalue weighted by molar-refractivity contribution is 0.0785. The van der Waals surface area contributed by atoms with Gasteiger partial charge in [-0.3, -0.25) is 9.48 Å². The summed E-state index contributed by atoms with van der Waals surface area (Å²) in [5.41, 5.74) is 4.89. The Balaban J connectivity index is 1.75. The minimum absolute atomic E-state index is 0.000918. The number of nitrogens with one attached hydrogen (secondary N) is 1. The SMILES string of the molecule is CNc1ccc(-c2cccc(C(=O)N(C)Cc3cnn(C(C)C)c3)c2)cc1. The van der Waals surface area contributed by atoms with E-state index in [9.17, 15) is 4.79 Å². The van der Waals surface area contributed by atoms with E-state index in [1.54, 1.807) is 4.90 Å². The van der Waals surface area contributed by atoms with E-state index >= 15 is 0 Å². The van der Waals surface area contributed by atoms with Crippen molar-refractivity contribution in [2.75, 3.05) is 19.4 Å². The van der Waals surface area contributed by atoms with Gasteiger partial charge < -0.3 is 10.2 Å². The Morgan fingerprint density at radius 2 is 1.89 bits per heavy atom. The fraction of sp³-hybridized carbons (Fsp3) is 0.273. The Kier molecular flexibility index (Phi) is 5.60. The molecule has 3 rings (SSSR count). The van der Waals surface area contributed by atoms with Crippen LogP contribution >= 0.6 is 0 Å². The minimum atomic E-state index is 0.000918. The lowest BCUT2D eigenvalue weighted by Crippen LogP contribution is -2.26. The van der Waals surface area contributed by atoms with Crippen molar-refractivity contribution in [3.05, 3.63) is 72.1 Å². The van der Waals surface area contributed by atoms with E-state index in [4.69, 9.17) is 0 Å². The first kappa shape index (κ1) is 18.7. The first-order valence-corrected chi connectivity index (χ1v) is 9.14. The maximum Gasteiger partial charge on any atom is 0.253 e. The van der Waals surface area contributed by atoms with Gasteiger partial charge in [-0.1, -0.05) is 24.3 Å². The number of amides is 1. The molecule has 3 aromatic rings. The second-order valence-electron chi connectivity index (χ2n) is 6.99. The fourth-order valence-corrected chi connectivity index (χ4v) is 2.97. The third kappa shape index (κ3) is 4.37. The molecule has 0 saturated heterocycles. The first-order valence-electron chi connectivity index (χ1n) is 9.14. The van der Waals surface area contributed by atoms with Crippen molar-refractivity contribution < 1.29 is 4.79 Å². The highest BCUT2D eigenvalue weighted by molar-refractivity contribution is 5.95. The van der Waals surface area contributed by atoms with Crippen LogP contribution in [-0.2, 0) is 6.54 Å². The maximum atomic E-state index is 12.9. The number of carbonyl (C=O) groups is 1. The van der Waals surface area contributed by atoms with Crippen molar-refractivity contribution >= 4 is 11.6 Å². The van der Waals surface area contributed by atoms with E-state index in [2.05, 4.69) is 36.4 Å². The Labute approximate surface area is 160 Å². The highest BCUT2D eigenvalue weighted by Crippen LogP contribution is 2.23. The van der Waals surface area contributed by atoms with Crippen LogP contribution in [0.25, 0.3) is 11.1 Å². The molecule has 0 spiro atoms. The molecule has 1 amide bonds. The summed E-state index contributed by atoms with van der Waals surface area (Å²) in [5.74, 6) is 0.000918. The summed E-state index contributed by atoms with van der Waals surface area (Å²) in [4.78, 5) is 14.6. The van der Waals surface area contributed by atoms with E-state index in [-0.39, 0.29) is 5.91 Å². The molecule has 0 radical (unpaired) electrons.